The zero-order valence-electron chi connectivity index (χ0n) is 8.53. The van der Waals surface area contributed by atoms with Crippen molar-refractivity contribution >= 4 is 11.3 Å². The standard InChI is InChI=1S/C9H13N5S/c1-2-9-11-4-7(15-9)3-10-5-8-12-6-13-14-8/h4,6,10H,2-3,5H2,1H3,(H,12,13,14). The molecule has 0 unspecified atom stereocenters. The van der Waals surface area contributed by atoms with Gasteiger partial charge in [0.15, 0.2) is 0 Å². The number of aromatic amines is 1. The Morgan fingerprint density at radius 1 is 1.40 bits per heavy atom. The molecule has 2 heterocycles. The minimum absolute atomic E-state index is 0.708. The number of H-pyrrole nitrogens is 1. The van der Waals surface area contributed by atoms with E-state index in [9.17, 15) is 0 Å². The van der Waals surface area contributed by atoms with Gasteiger partial charge in [0, 0.05) is 17.6 Å². The number of thiazole rings is 1. The van der Waals surface area contributed by atoms with Crippen LogP contribution in [-0.4, -0.2) is 20.2 Å². The Labute approximate surface area is 92.0 Å². The van der Waals surface area contributed by atoms with Gasteiger partial charge in [-0.05, 0) is 6.42 Å². The molecule has 15 heavy (non-hydrogen) atoms. The van der Waals surface area contributed by atoms with Crippen LogP contribution >= 0.6 is 11.3 Å². The van der Waals surface area contributed by atoms with Crippen molar-refractivity contribution in [2.75, 3.05) is 0 Å². The summed E-state index contributed by atoms with van der Waals surface area (Å²) in [5, 5.41) is 11.0. The molecule has 0 aliphatic rings. The highest BCUT2D eigenvalue weighted by Gasteiger charge is 2.00. The van der Waals surface area contributed by atoms with Crippen molar-refractivity contribution < 1.29 is 0 Å². The first-order valence-electron chi connectivity index (χ1n) is 4.87. The first-order chi connectivity index (χ1) is 7.38. The largest absolute Gasteiger partial charge is 0.305 e. The van der Waals surface area contributed by atoms with Gasteiger partial charge in [-0.1, -0.05) is 6.92 Å². The first-order valence-corrected chi connectivity index (χ1v) is 5.68. The van der Waals surface area contributed by atoms with Crippen LogP contribution in [0.3, 0.4) is 0 Å². The van der Waals surface area contributed by atoms with Crippen LogP contribution in [-0.2, 0) is 19.5 Å². The van der Waals surface area contributed by atoms with E-state index in [1.165, 1.54) is 16.2 Å². The van der Waals surface area contributed by atoms with Gasteiger partial charge in [0.25, 0.3) is 0 Å². The molecule has 0 saturated carbocycles. The summed E-state index contributed by atoms with van der Waals surface area (Å²) in [4.78, 5) is 9.58. The summed E-state index contributed by atoms with van der Waals surface area (Å²) in [5.74, 6) is 0.857. The molecule has 2 aromatic heterocycles. The normalized spacial score (nSPS) is 10.7. The Morgan fingerprint density at radius 2 is 2.33 bits per heavy atom. The van der Waals surface area contributed by atoms with Gasteiger partial charge in [0.1, 0.15) is 12.2 Å². The highest BCUT2D eigenvalue weighted by molar-refractivity contribution is 7.11. The van der Waals surface area contributed by atoms with Gasteiger partial charge in [0.05, 0.1) is 11.6 Å². The fraction of sp³-hybridized carbons (Fsp3) is 0.444. The third kappa shape index (κ3) is 2.84. The average Bonchev–Trinajstić information content (AvgIpc) is 2.88. The number of aryl methyl sites for hydroxylation is 1. The molecule has 6 heteroatoms. The molecule has 0 fully saturated rings. The van der Waals surface area contributed by atoms with Crippen molar-refractivity contribution in [1.82, 2.24) is 25.5 Å². The number of rotatable bonds is 5. The third-order valence-electron chi connectivity index (χ3n) is 1.96. The van der Waals surface area contributed by atoms with Gasteiger partial charge in [-0.15, -0.1) is 11.3 Å². The maximum absolute atomic E-state index is 4.29. The Morgan fingerprint density at radius 3 is 3.00 bits per heavy atom. The third-order valence-corrected chi connectivity index (χ3v) is 3.10. The van der Waals surface area contributed by atoms with Crippen LogP contribution in [0.25, 0.3) is 0 Å². The van der Waals surface area contributed by atoms with E-state index in [1.807, 2.05) is 6.20 Å². The van der Waals surface area contributed by atoms with Crippen molar-refractivity contribution in [3.05, 3.63) is 28.2 Å². The van der Waals surface area contributed by atoms with Crippen molar-refractivity contribution in [3.8, 4) is 0 Å². The average molecular weight is 223 g/mol. The monoisotopic (exact) mass is 223 g/mol. The molecule has 80 valence electrons. The predicted octanol–water partition coefficient (Wildman–Crippen LogP) is 1.11. The van der Waals surface area contributed by atoms with E-state index in [0.29, 0.717) is 6.54 Å². The molecule has 5 nitrogen and oxygen atoms in total. The zero-order chi connectivity index (χ0) is 10.5. The van der Waals surface area contributed by atoms with Gasteiger partial charge in [-0.25, -0.2) is 9.97 Å². The van der Waals surface area contributed by atoms with E-state index in [-0.39, 0.29) is 0 Å². The lowest BCUT2D eigenvalue weighted by atomic mass is 10.5. The molecule has 0 radical (unpaired) electrons. The molecule has 0 bridgehead atoms. The van der Waals surface area contributed by atoms with Crippen LogP contribution in [0.15, 0.2) is 12.5 Å². The molecule has 0 spiro atoms. The smallest absolute Gasteiger partial charge is 0.138 e. The summed E-state index contributed by atoms with van der Waals surface area (Å²) in [6.45, 7) is 3.66. The second-order valence-electron chi connectivity index (χ2n) is 3.11. The summed E-state index contributed by atoms with van der Waals surface area (Å²) in [7, 11) is 0. The van der Waals surface area contributed by atoms with Gasteiger partial charge in [0.2, 0.25) is 0 Å². The molecular weight excluding hydrogens is 210 g/mol. The van der Waals surface area contributed by atoms with Crippen molar-refractivity contribution in [2.45, 2.75) is 26.4 Å². The van der Waals surface area contributed by atoms with Crippen LogP contribution in [0.5, 0.6) is 0 Å². The summed E-state index contributed by atoms with van der Waals surface area (Å²) >= 11 is 1.75. The summed E-state index contributed by atoms with van der Waals surface area (Å²) < 4.78 is 0. The van der Waals surface area contributed by atoms with Crippen LogP contribution in [0.4, 0.5) is 0 Å². The summed E-state index contributed by atoms with van der Waals surface area (Å²) in [5.41, 5.74) is 0. The minimum atomic E-state index is 0.708. The number of nitrogens with one attached hydrogen (secondary N) is 2. The van der Waals surface area contributed by atoms with E-state index in [1.54, 1.807) is 11.3 Å². The second kappa shape index (κ2) is 4.99. The van der Waals surface area contributed by atoms with Crippen LogP contribution < -0.4 is 5.32 Å². The number of hydrogen-bond acceptors (Lipinski definition) is 5. The molecule has 0 amide bonds. The first kappa shape index (κ1) is 10.3. The van der Waals surface area contributed by atoms with E-state index < -0.39 is 0 Å². The summed E-state index contributed by atoms with van der Waals surface area (Å²) in [6, 6.07) is 0. The fourth-order valence-corrected chi connectivity index (χ4v) is 2.05. The molecular formula is C9H13N5S. The van der Waals surface area contributed by atoms with Crippen LogP contribution in [0.2, 0.25) is 0 Å². The molecule has 2 N–H and O–H groups in total. The quantitative estimate of drug-likeness (QED) is 0.797. The zero-order valence-corrected chi connectivity index (χ0v) is 9.34. The minimum Gasteiger partial charge on any atom is -0.305 e. The van der Waals surface area contributed by atoms with Gasteiger partial charge in [-0.2, -0.15) is 5.10 Å². The van der Waals surface area contributed by atoms with E-state index in [2.05, 4.69) is 32.4 Å². The molecule has 0 aliphatic heterocycles. The number of aromatic nitrogens is 4. The maximum atomic E-state index is 4.29. The SMILES string of the molecule is CCc1ncc(CNCc2ncn[nH]2)s1. The Balaban J connectivity index is 1.78. The highest BCUT2D eigenvalue weighted by atomic mass is 32.1. The van der Waals surface area contributed by atoms with Gasteiger partial charge >= 0.3 is 0 Å². The molecule has 0 saturated heterocycles. The molecule has 2 aromatic rings. The lowest BCUT2D eigenvalue weighted by Gasteiger charge is -1.98. The summed E-state index contributed by atoms with van der Waals surface area (Å²) in [6.07, 6.45) is 4.45. The highest BCUT2D eigenvalue weighted by Crippen LogP contribution is 2.12. The van der Waals surface area contributed by atoms with Crippen molar-refractivity contribution in [1.29, 1.82) is 0 Å². The number of nitrogens with zero attached hydrogens (tertiary/aromatic N) is 3. The lowest BCUT2D eigenvalue weighted by Crippen LogP contribution is -2.12. The number of hydrogen-bond donors (Lipinski definition) is 2. The second-order valence-corrected chi connectivity index (χ2v) is 4.31. The Bertz CT molecular complexity index is 394. The van der Waals surface area contributed by atoms with E-state index >= 15 is 0 Å². The molecule has 0 aromatic carbocycles. The fourth-order valence-electron chi connectivity index (χ4n) is 1.21. The van der Waals surface area contributed by atoms with Gasteiger partial charge < -0.3 is 5.32 Å². The van der Waals surface area contributed by atoms with Crippen molar-refractivity contribution in [2.24, 2.45) is 0 Å². The maximum Gasteiger partial charge on any atom is 0.138 e. The van der Waals surface area contributed by atoms with Gasteiger partial charge in [-0.3, -0.25) is 5.10 Å². The predicted molar refractivity (Wildman–Crippen MR) is 58.4 cm³/mol. The van der Waals surface area contributed by atoms with Crippen LogP contribution in [0, 0.1) is 0 Å². The molecule has 2 rings (SSSR count). The van der Waals surface area contributed by atoms with E-state index in [4.69, 9.17) is 0 Å². The molecule has 0 atom stereocenters. The van der Waals surface area contributed by atoms with Crippen LogP contribution in [0.1, 0.15) is 22.6 Å². The Kier molecular flexibility index (Phi) is 3.41. The lowest BCUT2D eigenvalue weighted by molar-refractivity contribution is 0.670. The molecule has 0 aliphatic carbocycles. The van der Waals surface area contributed by atoms with E-state index in [0.717, 1.165) is 18.8 Å². The van der Waals surface area contributed by atoms with Crippen molar-refractivity contribution in [3.63, 3.8) is 0 Å². The Hall–Kier alpha value is -1.27. The topological polar surface area (TPSA) is 66.5 Å².